The molecule has 9 heteroatoms. The smallest absolute Gasteiger partial charge is 0.251 e. The van der Waals surface area contributed by atoms with Gasteiger partial charge in [-0.25, -0.2) is 18.5 Å². The number of hydrogen-bond acceptors (Lipinski definition) is 6. The molecule has 1 aliphatic rings. The van der Waals surface area contributed by atoms with Gasteiger partial charge in [0.25, 0.3) is 5.91 Å². The summed E-state index contributed by atoms with van der Waals surface area (Å²) in [5, 5.41) is 8.23. The SMILES string of the molecule is CCCCCCOc1ccc(N2C(=O)C[C@H](NCCc3ccc(S(N)(=O)=O)cc3)C2=O)cc1. The van der Waals surface area contributed by atoms with E-state index in [-0.39, 0.29) is 23.1 Å². The molecule has 0 aliphatic carbocycles. The van der Waals surface area contributed by atoms with Crippen molar-refractivity contribution in [1.29, 1.82) is 0 Å². The lowest BCUT2D eigenvalue weighted by Gasteiger charge is -2.16. The zero-order valence-corrected chi connectivity index (χ0v) is 19.6. The van der Waals surface area contributed by atoms with E-state index in [1.54, 1.807) is 36.4 Å². The number of nitrogens with two attached hydrogens (primary N) is 1. The van der Waals surface area contributed by atoms with Gasteiger partial charge in [-0.05, 0) is 61.3 Å². The molecule has 1 saturated heterocycles. The van der Waals surface area contributed by atoms with Crippen molar-refractivity contribution in [3.05, 3.63) is 54.1 Å². The van der Waals surface area contributed by atoms with Gasteiger partial charge in [-0.2, -0.15) is 0 Å². The summed E-state index contributed by atoms with van der Waals surface area (Å²) in [4.78, 5) is 26.6. The van der Waals surface area contributed by atoms with E-state index in [4.69, 9.17) is 9.88 Å². The summed E-state index contributed by atoms with van der Waals surface area (Å²) in [6, 6.07) is 12.7. The molecule has 178 valence electrons. The van der Waals surface area contributed by atoms with Crippen molar-refractivity contribution in [3.8, 4) is 5.75 Å². The molecule has 2 aromatic carbocycles. The molecular formula is C24H31N3O5S. The van der Waals surface area contributed by atoms with Crippen molar-refractivity contribution in [2.24, 2.45) is 5.14 Å². The van der Waals surface area contributed by atoms with Gasteiger partial charge in [-0.3, -0.25) is 9.59 Å². The van der Waals surface area contributed by atoms with Gasteiger partial charge in [-0.1, -0.05) is 38.3 Å². The summed E-state index contributed by atoms with van der Waals surface area (Å²) >= 11 is 0. The van der Waals surface area contributed by atoms with E-state index in [0.29, 0.717) is 25.3 Å². The Labute approximate surface area is 195 Å². The number of anilines is 1. The molecule has 2 aromatic rings. The van der Waals surface area contributed by atoms with Gasteiger partial charge in [0.2, 0.25) is 15.9 Å². The Bertz CT molecular complexity index is 1050. The van der Waals surface area contributed by atoms with Gasteiger partial charge in [0.1, 0.15) is 5.75 Å². The highest BCUT2D eigenvalue weighted by Crippen LogP contribution is 2.25. The highest BCUT2D eigenvalue weighted by atomic mass is 32.2. The van der Waals surface area contributed by atoms with Crippen LogP contribution in [0.1, 0.15) is 44.6 Å². The molecule has 8 nitrogen and oxygen atoms in total. The van der Waals surface area contributed by atoms with Gasteiger partial charge in [-0.15, -0.1) is 0 Å². The lowest BCUT2D eigenvalue weighted by molar-refractivity contribution is -0.121. The molecule has 0 bridgehead atoms. The van der Waals surface area contributed by atoms with Crippen LogP contribution in [0.3, 0.4) is 0 Å². The molecule has 0 saturated carbocycles. The summed E-state index contributed by atoms with van der Waals surface area (Å²) in [6.45, 7) is 3.28. The van der Waals surface area contributed by atoms with E-state index in [9.17, 15) is 18.0 Å². The fraction of sp³-hybridized carbons (Fsp3) is 0.417. The molecule has 3 N–H and O–H groups in total. The fourth-order valence-corrected chi connectivity index (χ4v) is 4.22. The maximum absolute atomic E-state index is 12.8. The van der Waals surface area contributed by atoms with Crippen LogP contribution in [0.5, 0.6) is 5.75 Å². The Kier molecular flexibility index (Phi) is 8.60. The number of rotatable bonds is 12. The largest absolute Gasteiger partial charge is 0.494 e. The van der Waals surface area contributed by atoms with Crippen molar-refractivity contribution in [3.63, 3.8) is 0 Å². The quantitative estimate of drug-likeness (QED) is 0.361. The topological polar surface area (TPSA) is 119 Å². The third kappa shape index (κ3) is 6.86. The molecule has 1 fully saturated rings. The van der Waals surface area contributed by atoms with Crippen molar-refractivity contribution in [2.75, 3.05) is 18.1 Å². The van der Waals surface area contributed by atoms with Gasteiger partial charge in [0.05, 0.1) is 29.7 Å². The van der Waals surface area contributed by atoms with Crippen LogP contribution in [0, 0.1) is 0 Å². The Hall–Kier alpha value is -2.75. The number of sulfonamides is 1. The first kappa shape index (κ1) is 24.9. The number of carbonyl (C=O) groups excluding carboxylic acids is 2. The Morgan fingerprint density at radius 2 is 1.73 bits per heavy atom. The average Bonchev–Trinajstić information content (AvgIpc) is 3.07. The van der Waals surface area contributed by atoms with E-state index in [1.807, 2.05) is 0 Å². The molecule has 1 heterocycles. The number of nitrogens with one attached hydrogen (secondary N) is 1. The van der Waals surface area contributed by atoms with Crippen LogP contribution in [0.2, 0.25) is 0 Å². The molecular weight excluding hydrogens is 442 g/mol. The first-order valence-electron chi connectivity index (χ1n) is 11.2. The third-order valence-corrected chi connectivity index (χ3v) is 6.49. The van der Waals surface area contributed by atoms with E-state index in [2.05, 4.69) is 12.2 Å². The normalized spacial score (nSPS) is 16.4. The highest BCUT2D eigenvalue weighted by molar-refractivity contribution is 7.89. The first-order chi connectivity index (χ1) is 15.8. The van der Waals surface area contributed by atoms with E-state index < -0.39 is 16.1 Å². The summed E-state index contributed by atoms with van der Waals surface area (Å²) in [6.07, 6.45) is 5.19. The molecule has 0 aromatic heterocycles. The summed E-state index contributed by atoms with van der Waals surface area (Å²) in [7, 11) is -3.72. The minimum absolute atomic E-state index is 0.0549. The van der Waals surface area contributed by atoms with E-state index >= 15 is 0 Å². The second kappa shape index (κ2) is 11.4. The van der Waals surface area contributed by atoms with Gasteiger partial charge < -0.3 is 10.1 Å². The van der Waals surface area contributed by atoms with Crippen LogP contribution in [-0.2, 0) is 26.0 Å². The predicted molar refractivity (Wildman–Crippen MR) is 126 cm³/mol. The molecule has 0 spiro atoms. The number of imide groups is 1. The van der Waals surface area contributed by atoms with Crippen LogP contribution in [0.4, 0.5) is 5.69 Å². The van der Waals surface area contributed by atoms with Crippen LogP contribution in [0.25, 0.3) is 0 Å². The molecule has 0 unspecified atom stereocenters. The van der Waals surface area contributed by atoms with Gasteiger partial charge in [0, 0.05) is 0 Å². The Balaban J connectivity index is 1.50. The minimum atomic E-state index is -3.72. The number of hydrogen-bond donors (Lipinski definition) is 2. The maximum Gasteiger partial charge on any atom is 0.251 e. The maximum atomic E-state index is 12.8. The highest BCUT2D eigenvalue weighted by Gasteiger charge is 2.39. The lowest BCUT2D eigenvalue weighted by Crippen LogP contribution is -2.39. The van der Waals surface area contributed by atoms with E-state index in [0.717, 1.165) is 24.2 Å². The zero-order valence-electron chi connectivity index (χ0n) is 18.8. The lowest BCUT2D eigenvalue weighted by atomic mass is 10.1. The van der Waals surface area contributed by atoms with Crippen LogP contribution in [0.15, 0.2) is 53.4 Å². The molecule has 2 amide bonds. The number of amides is 2. The number of nitrogens with zero attached hydrogens (tertiary/aromatic N) is 1. The van der Waals surface area contributed by atoms with Crippen molar-refractivity contribution < 1.29 is 22.7 Å². The number of primary sulfonamides is 1. The monoisotopic (exact) mass is 473 g/mol. The summed E-state index contributed by atoms with van der Waals surface area (Å²) < 4.78 is 28.4. The molecule has 0 radical (unpaired) electrons. The van der Waals surface area contributed by atoms with Crippen molar-refractivity contribution in [2.45, 2.75) is 56.4 Å². The van der Waals surface area contributed by atoms with Crippen molar-refractivity contribution >= 4 is 27.5 Å². The zero-order chi connectivity index (χ0) is 23.8. The minimum Gasteiger partial charge on any atom is -0.494 e. The van der Waals surface area contributed by atoms with Gasteiger partial charge in [0.15, 0.2) is 0 Å². The van der Waals surface area contributed by atoms with Crippen LogP contribution < -0.4 is 20.1 Å². The van der Waals surface area contributed by atoms with Crippen LogP contribution in [-0.4, -0.2) is 39.4 Å². The summed E-state index contributed by atoms with van der Waals surface area (Å²) in [5.41, 5.74) is 1.43. The molecule has 3 rings (SSSR count). The predicted octanol–water partition coefficient (Wildman–Crippen LogP) is 2.76. The average molecular weight is 474 g/mol. The van der Waals surface area contributed by atoms with Crippen LogP contribution >= 0.6 is 0 Å². The first-order valence-corrected chi connectivity index (χ1v) is 12.8. The number of unbranched alkanes of at least 4 members (excludes halogenated alkanes) is 3. The second-order valence-electron chi connectivity index (χ2n) is 8.12. The molecule has 33 heavy (non-hydrogen) atoms. The standard InChI is InChI=1S/C24H31N3O5S/c1-2-3-4-5-16-32-20-10-8-19(9-11-20)27-23(28)17-22(24(27)29)26-15-14-18-6-12-21(13-7-18)33(25,30)31/h6-13,22,26H,2-5,14-17H2,1H3,(H2,25,30,31)/t22-/m0/s1. The summed E-state index contributed by atoms with van der Waals surface area (Å²) in [5.74, 6) is 0.193. The number of ether oxygens (including phenoxy) is 1. The van der Waals surface area contributed by atoms with Crippen molar-refractivity contribution in [1.82, 2.24) is 5.32 Å². The van der Waals surface area contributed by atoms with Gasteiger partial charge >= 0.3 is 0 Å². The number of benzene rings is 2. The van der Waals surface area contributed by atoms with E-state index in [1.165, 1.54) is 29.9 Å². The molecule has 1 atom stereocenters. The Morgan fingerprint density at radius 1 is 1.03 bits per heavy atom. The second-order valence-corrected chi connectivity index (χ2v) is 9.68. The third-order valence-electron chi connectivity index (χ3n) is 5.56. The number of carbonyl (C=O) groups is 2. The Morgan fingerprint density at radius 3 is 2.36 bits per heavy atom. The molecule has 1 aliphatic heterocycles. The fourth-order valence-electron chi connectivity index (χ4n) is 3.71.